The lowest BCUT2D eigenvalue weighted by molar-refractivity contribution is 0.355. The summed E-state index contributed by atoms with van der Waals surface area (Å²) in [6, 6.07) is 4.33. The van der Waals surface area contributed by atoms with Crippen molar-refractivity contribution in [2.45, 2.75) is 45.8 Å². The molecule has 0 aliphatic carbocycles. The zero-order chi connectivity index (χ0) is 24.0. The quantitative estimate of drug-likeness (QED) is 0.400. The fourth-order valence-corrected chi connectivity index (χ4v) is 3.94. The first-order valence-corrected chi connectivity index (χ1v) is 11.2. The number of benzene rings is 1. The second-order valence-electron chi connectivity index (χ2n) is 8.29. The van der Waals surface area contributed by atoms with Crippen molar-refractivity contribution in [2.75, 3.05) is 38.9 Å². The van der Waals surface area contributed by atoms with Crippen LogP contribution in [0, 0.1) is 0 Å². The number of nitrogens with zero attached hydrogens (tertiary/aromatic N) is 5. The summed E-state index contributed by atoms with van der Waals surface area (Å²) in [7, 11) is 5.38. The van der Waals surface area contributed by atoms with E-state index in [-0.39, 0.29) is 12.0 Å². The number of aromatic nitrogens is 4. The summed E-state index contributed by atoms with van der Waals surface area (Å²) in [4.78, 5) is 10.9. The molecule has 0 unspecified atom stereocenters. The minimum Gasteiger partial charge on any atom is -0.496 e. The fourth-order valence-electron chi connectivity index (χ4n) is 3.94. The molecule has 0 aliphatic rings. The Kier molecular flexibility index (Phi) is 8.11. The van der Waals surface area contributed by atoms with Gasteiger partial charge in [-0.2, -0.15) is 10.1 Å². The van der Waals surface area contributed by atoms with E-state index in [1.807, 2.05) is 36.1 Å². The molecule has 178 valence electrons. The number of fused-ring (bicyclic) bond motifs is 1. The third-order valence-electron chi connectivity index (χ3n) is 5.41. The molecule has 0 fully saturated rings. The molecule has 0 saturated heterocycles. The lowest BCUT2D eigenvalue weighted by Gasteiger charge is -2.19. The van der Waals surface area contributed by atoms with Crippen molar-refractivity contribution in [1.29, 1.82) is 0 Å². The van der Waals surface area contributed by atoms with Crippen LogP contribution in [0.25, 0.3) is 11.0 Å². The van der Waals surface area contributed by atoms with Crippen molar-refractivity contribution in [3.8, 4) is 11.5 Å². The summed E-state index contributed by atoms with van der Waals surface area (Å²) in [6.45, 7) is 10.1. The number of rotatable bonds is 12. The molecule has 2 heterocycles. The van der Waals surface area contributed by atoms with E-state index in [0.717, 1.165) is 48.6 Å². The lowest BCUT2D eigenvalue weighted by atomic mass is 10.1. The smallest absolute Gasteiger partial charge is 0.222 e. The average Bonchev–Trinajstić information content (AvgIpc) is 3.17. The van der Waals surface area contributed by atoms with Crippen LogP contribution in [0.4, 0.5) is 11.8 Å². The molecule has 1 atom stereocenters. The lowest BCUT2D eigenvalue weighted by Crippen LogP contribution is -2.17. The van der Waals surface area contributed by atoms with Gasteiger partial charge < -0.3 is 20.5 Å². The molecule has 33 heavy (non-hydrogen) atoms. The van der Waals surface area contributed by atoms with E-state index in [1.54, 1.807) is 14.2 Å². The van der Waals surface area contributed by atoms with Crippen LogP contribution >= 0.6 is 0 Å². The number of ether oxygens (including phenoxy) is 2. The van der Waals surface area contributed by atoms with Gasteiger partial charge in [0.05, 0.1) is 32.5 Å². The molecule has 0 spiro atoms. The Morgan fingerprint density at radius 2 is 1.94 bits per heavy atom. The van der Waals surface area contributed by atoms with Crippen LogP contribution in [0.5, 0.6) is 11.5 Å². The molecule has 9 heteroatoms. The van der Waals surface area contributed by atoms with Gasteiger partial charge in [-0.1, -0.05) is 19.4 Å². The minimum absolute atomic E-state index is 0.219. The monoisotopic (exact) mass is 453 g/mol. The molecule has 9 nitrogen and oxygen atoms in total. The van der Waals surface area contributed by atoms with E-state index in [1.165, 1.54) is 0 Å². The highest BCUT2D eigenvalue weighted by Gasteiger charge is 2.17. The van der Waals surface area contributed by atoms with E-state index >= 15 is 0 Å². The molecule has 0 radical (unpaired) electrons. The fraction of sp³-hybridized carbons (Fsp3) is 0.458. The van der Waals surface area contributed by atoms with Gasteiger partial charge in [-0.25, -0.2) is 4.98 Å². The summed E-state index contributed by atoms with van der Waals surface area (Å²) >= 11 is 0. The Hall–Kier alpha value is -3.33. The van der Waals surface area contributed by atoms with Gasteiger partial charge in [0.2, 0.25) is 5.95 Å². The highest BCUT2D eigenvalue weighted by Crippen LogP contribution is 2.32. The van der Waals surface area contributed by atoms with Crippen molar-refractivity contribution in [1.82, 2.24) is 24.6 Å². The van der Waals surface area contributed by atoms with Crippen molar-refractivity contribution in [2.24, 2.45) is 0 Å². The molecule has 0 saturated carbocycles. The van der Waals surface area contributed by atoms with Gasteiger partial charge in [-0.15, -0.1) is 6.58 Å². The molecule has 3 N–H and O–H groups in total. The molecular formula is C24H35N7O2. The number of hydrogen-bond acceptors (Lipinski definition) is 8. The zero-order valence-corrected chi connectivity index (χ0v) is 20.3. The van der Waals surface area contributed by atoms with Gasteiger partial charge in [0.25, 0.3) is 0 Å². The Balaban J connectivity index is 1.95. The van der Waals surface area contributed by atoms with Gasteiger partial charge in [0.15, 0.2) is 11.3 Å². The Bertz CT molecular complexity index is 1070. The van der Waals surface area contributed by atoms with Crippen LogP contribution in [0.3, 0.4) is 0 Å². The molecule has 3 aromatic rings. The largest absolute Gasteiger partial charge is 0.496 e. The van der Waals surface area contributed by atoms with Crippen molar-refractivity contribution >= 4 is 22.8 Å². The summed E-state index contributed by atoms with van der Waals surface area (Å²) in [5.41, 5.74) is 9.33. The maximum atomic E-state index is 5.96. The Morgan fingerprint density at radius 3 is 2.55 bits per heavy atom. The highest BCUT2D eigenvalue weighted by molar-refractivity contribution is 5.85. The molecule has 0 amide bonds. The first-order valence-electron chi connectivity index (χ1n) is 11.2. The summed E-state index contributed by atoms with van der Waals surface area (Å²) in [5, 5.41) is 8.17. The molecule has 1 aromatic carbocycles. The van der Waals surface area contributed by atoms with Crippen molar-refractivity contribution in [3.63, 3.8) is 0 Å². The maximum Gasteiger partial charge on any atom is 0.222 e. The normalized spacial score (nSPS) is 12.2. The van der Waals surface area contributed by atoms with Crippen LogP contribution in [0.15, 0.2) is 31.0 Å². The molecule has 0 bridgehead atoms. The van der Waals surface area contributed by atoms with E-state index in [9.17, 15) is 0 Å². The molecular weight excluding hydrogens is 418 g/mol. The van der Waals surface area contributed by atoms with Crippen LogP contribution in [0.1, 0.15) is 37.8 Å². The van der Waals surface area contributed by atoms with Crippen molar-refractivity contribution in [3.05, 3.63) is 42.1 Å². The van der Waals surface area contributed by atoms with Gasteiger partial charge in [-0.3, -0.25) is 9.58 Å². The van der Waals surface area contributed by atoms with Gasteiger partial charge >= 0.3 is 0 Å². The minimum atomic E-state index is 0.219. The van der Waals surface area contributed by atoms with Crippen LogP contribution in [-0.4, -0.2) is 58.5 Å². The molecule has 3 rings (SSSR count). The molecule has 0 aliphatic heterocycles. The van der Waals surface area contributed by atoms with E-state index < -0.39 is 0 Å². The average molecular weight is 454 g/mol. The topological polar surface area (TPSA) is 103 Å². The Labute approximate surface area is 195 Å². The first kappa shape index (κ1) is 24.3. The Morgan fingerprint density at radius 1 is 1.24 bits per heavy atom. The number of nitrogens with two attached hydrogens (primary N) is 1. The van der Waals surface area contributed by atoms with Crippen LogP contribution in [0.2, 0.25) is 0 Å². The van der Waals surface area contributed by atoms with Crippen LogP contribution < -0.4 is 20.5 Å². The maximum absolute atomic E-state index is 5.96. The first-order chi connectivity index (χ1) is 15.9. The summed E-state index contributed by atoms with van der Waals surface area (Å²) < 4.78 is 13.3. The zero-order valence-electron chi connectivity index (χ0n) is 20.3. The van der Waals surface area contributed by atoms with E-state index in [0.29, 0.717) is 23.4 Å². The van der Waals surface area contributed by atoms with E-state index in [2.05, 4.69) is 40.6 Å². The number of nitrogen functional groups attached to an aromatic ring is 1. The summed E-state index contributed by atoms with van der Waals surface area (Å²) in [5.74, 6) is 2.36. The number of anilines is 2. The molecule has 2 aromatic heterocycles. The number of likely N-dealkylation sites (N-methyl/N-ethyl adjacent to an activating group) is 1. The van der Waals surface area contributed by atoms with Crippen LogP contribution in [-0.2, 0) is 13.1 Å². The van der Waals surface area contributed by atoms with E-state index in [4.69, 9.17) is 20.3 Å². The van der Waals surface area contributed by atoms with Crippen molar-refractivity contribution < 1.29 is 9.47 Å². The number of hydrogen-bond donors (Lipinski definition) is 2. The number of nitrogens with one attached hydrogen (secondary N) is 1. The van der Waals surface area contributed by atoms with Gasteiger partial charge in [0, 0.05) is 19.1 Å². The third-order valence-corrected chi connectivity index (χ3v) is 5.41. The predicted octanol–water partition coefficient (Wildman–Crippen LogP) is 3.69. The number of methoxy groups -OCH3 is 2. The van der Waals surface area contributed by atoms with Gasteiger partial charge in [0.1, 0.15) is 17.0 Å². The predicted molar refractivity (Wildman–Crippen MR) is 133 cm³/mol. The summed E-state index contributed by atoms with van der Waals surface area (Å²) in [6.07, 6.45) is 5.85. The highest BCUT2D eigenvalue weighted by atomic mass is 16.5. The second-order valence-corrected chi connectivity index (χ2v) is 8.29. The van der Waals surface area contributed by atoms with Gasteiger partial charge in [-0.05, 0) is 38.1 Å². The standard InChI is InChI=1S/C24H35N7O2/c1-7-9-16(3)26-23-22-19(27-24(25)28-23)15-31(29-22)14-18-20(32-5)11-17(12-21(18)33-6)13-30(4)10-8-2/h8,11-12,15-16H,2,7,9-10,13-14H2,1,3-6H3,(H3,25,26,27,28)/t16-/m1/s1. The second kappa shape index (κ2) is 11.0. The SMILES string of the molecule is C=CCN(C)Cc1cc(OC)c(Cn2cc3nc(N)nc(N[C@H](C)CCC)c3n2)c(OC)c1. The third kappa shape index (κ3) is 5.92.